The van der Waals surface area contributed by atoms with Crippen molar-refractivity contribution in [1.29, 1.82) is 0 Å². The van der Waals surface area contributed by atoms with Crippen LogP contribution < -0.4 is 5.32 Å². The summed E-state index contributed by atoms with van der Waals surface area (Å²) in [7, 11) is 0. The molecule has 0 bridgehead atoms. The number of rotatable bonds is 4. The average molecular weight is 315 g/mol. The van der Waals surface area contributed by atoms with Crippen molar-refractivity contribution in [3.63, 3.8) is 0 Å². The third kappa shape index (κ3) is 2.98. The Labute approximate surface area is 109 Å². The average Bonchev–Trinajstić information content (AvgIpc) is 2.80. The van der Waals surface area contributed by atoms with Crippen molar-refractivity contribution in [2.75, 3.05) is 5.32 Å². The van der Waals surface area contributed by atoms with Gasteiger partial charge in [0, 0.05) is 34.2 Å². The van der Waals surface area contributed by atoms with Gasteiger partial charge >= 0.3 is 0 Å². The summed E-state index contributed by atoms with van der Waals surface area (Å²) in [4.78, 5) is 10.5. The zero-order valence-electron chi connectivity index (χ0n) is 8.46. The minimum atomic E-state index is -0.396. The van der Waals surface area contributed by atoms with E-state index in [1.54, 1.807) is 18.3 Å². The van der Waals surface area contributed by atoms with Gasteiger partial charge in [0.05, 0.1) is 11.1 Å². The van der Waals surface area contributed by atoms with E-state index in [9.17, 15) is 10.1 Å². The van der Waals surface area contributed by atoms with E-state index in [1.165, 1.54) is 17.6 Å². The molecule has 1 N–H and O–H groups in total. The first-order valence-electron chi connectivity index (χ1n) is 4.61. The highest BCUT2D eigenvalue weighted by Gasteiger charge is 2.13. The Hall–Kier alpha value is -1.54. The quantitative estimate of drug-likeness (QED) is 0.693. The van der Waals surface area contributed by atoms with Crippen LogP contribution in [0.25, 0.3) is 0 Å². The predicted octanol–water partition coefficient (Wildman–Crippen LogP) is 2.82. The predicted molar refractivity (Wildman–Crippen MR) is 68.0 cm³/mol. The van der Waals surface area contributed by atoms with Crippen LogP contribution in [0.5, 0.6) is 0 Å². The van der Waals surface area contributed by atoms with Crippen molar-refractivity contribution in [1.82, 2.24) is 9.59 Å². The van der Waals surface area contributed by atoms with Crippen LogP contribution in [0.15, 0.2) is 28.9 Å². The van der Waals surface area contributed by atoms with Gasteiger partial charge in [-0.15, -0.1) is 5.10 Å². The zero-order valence-corrected chi connectivity index (χ0v) is 10.9. The van der Waals surface area contributed by atoms with E-state index in [-0.39, 0.29) is 5.69 Å². The summed E-state index contributed by atoms with van der Waals surface area (Å²) < 4.78 is 4.38. The number of nitrogens with one attached hydrogen (secondary N) is 1. The second-order valence-corrected chi connectivity index (χ2v) is 4.87. The molecule has 88 valence electrons. The summed E-state index contributed by atoms with van der Waals surface area (Å²) in [6, 6.07) is 4.97. The molecule has 0 amide bonds. The summed E-state index contributed by atoms with van der Waals surface area (Å²) in [5, 5.41) is 18.4. The Bertz CT molecular complexity index is 532. The molecular formula is C9H7BrN4O2S. The van der Waals surface area contributed by atoms with Gasteiger partial charge in [0.15, 0.2) is 0 Å². The lowest BCUT2D eigenvalue weighted by atomic mass is 10.2. The van der Waals surface area contributed by atoms with Crippen LogP contribution in [0.3, 0.4) is 0 Å². The summed E-state index contributed by atoms with van der Waals surface area (Å²) >= 11 is 4.42. The fourth-order valence-corrected chi connectivity index (χ4v) is 2.05. The molecule has 0 spiro atoms. The van der Waals surface area contributed by atoms with Crippen molar-refractivity contribution < 1.29 is 4.92 Å². The highest BCUT2D eigenvalue weighted by atomic mass is 79.9. The Morgan fingerprint density at radius 3 is 3.00 bits per heavy atom. The second-order valence-electron chi connectivity index (χ2n) is 3.17. The lowest BCUT2D eigenvalue weighted by molar-refractivity contribution is -0.385. The number of nitrogens with zero attached hydrogens (tertiary/aromatic N) is 3. The molecule has 0 saturated heterocycles. The van der Waals surface area contributed by atoms with Crippen molar-refractivity contribution in [2.45, 2.75) is 6.54 Å². The highest BCUT2D eigenvalue weighted by Crippen LogP contribution is 2.24. The zero-order chi connectivity index (χ0) is 12.3. The van der Waals surface area contributed by atoms with Crippen molar-refractivity contribution >= 4 is 38.2 Å². The van der Waals surface area contributed by atoms with Crippen molar-refractivity contribution in [3.8, 4) is 0 Å². The number of anilines is 1. The number of hydrogen-bond acceptors (Lipinski definition) is 6. The highest BCUT2D eigenvalue weighted by molar-refractivity contribution is 9.10. The summed E-state index contributed by atoms with van der Waals surface area (Å²) in [6.07, 6.45) is 1.58. The lowest BCUT2D eigenvalue weighted by Crippen LogP contribution is -2.02. The molecule has 6 nitrogen and oxygen atoms in total. The molecule has 0 fully saturated rings. The van der Waals surface area contributed by atoms with Crippen LogP contribution in [0.2, 0.25) is 0 Å². The van der Waals surface area contributed by atoms with Crippen LogP contribution in [0, 0.1) is 10.1 Å². The maximum atomic E-state index is 10.9. The third-order valence-corrected chi connectivity index (χ3v) is 3.17. The lowest BCUT2D eigenvalue weighted by Gasteiger charge is -2.04. The van der Waals surface area contributed by atoms with E-state index in [2.05, 4.69) is 30.8 Å². The van der Waals surface area contributed by atoms with E-state index in [4.69, 9.17) is 0 Å². The Morgan fingerprint density at radius 2 is 2.35 bits per heavy atom. The van der Waals surface area contributed by atoms with Crippen molar-refractivity contribution in [3.05, 3.63) is 44.5 Å². The third-order valence-electron chi connectivity index (χ3n) is 2.06. The minimum absolute atomic E-state index is 0.0874. The van der Waals surface area contributed by atoms with Gasteiger partial charge in [-0.3, -0.25) is 10.1 Å². The molecule has 17 heavy (non-hydrogen) atoms. The maximum Gasteiger partial charge on any atom is 0.275 e. The van der Waals surface area contributed by atoms with E-state index in [1.807, 2.05) is 0 Å². The topological polar surface area (TPSA) is 81.0 Å². The van der Waals surface area contributed by atoms with Gasteiger partial charge in [0.1, 0.15) is 5.00 Å². The number of halogens is 1. The summed E-state index contributed by atoms with van der Waals surface area (Å²) in [5.74, 6) is 0. The normalized spacial score (nSPS) is 10.2. The molecule has 1 heterocycles. The largest absolute Gasteiger partial charge is 0.370 e. The molecule has 2 rings (SSSR count). The van der Waals surface area contributed by atoms with E-state index in [0.717, 1.165) is 5.00 Å². The number of nitro benzene ring substituents is 1. The first kappa shape index (κ1) is 11.9. The smallest absolute Gasteiger partial charge is 0.275 e. The van der Waals surface area contributed by atoms with Crippen LogP contribution >= 0.6 is 27.5 Å². The molecule has 8 heteroatoms. The molecule has 0 aliphatic heterocycles. The van der Waals surface area contributed by atoms with E-state index >= 15 is 0 Å². The minimum Gasteiger partial charge on any atom is -0.370 e. The van der Waals surface area contributed by atoms with Crippen LogP contribution in [0.4, 0.5) is 10.7 Å². The van der Waals surface area contributed by atoms with Gasteiger partial charge in [0.25, 0.3) is 5.69 Å². The van der Waals surface area contributed by atoms with Crippen LogP contribution in [-0.2, 0) is 6.54 Å². The molecule has 0 aliphatic rings. The standard InChI is InChI=1S/C9H7BrN4O2S/c10-7-2-1-6(8(3-7)14(15)16)4-11-9-5-12-13-17-9/h1-3,5,11H,4H2. The fraction of sp³-hybridized carbons (Fsp3) is 0.111. The molecule has 0 unspecified atom stereocenters. The molecule has 0 aliphatic carbocycles. The number of aromatic nitrogens is 2. The van der Waals surface area contributed by atoms with Gasteiger partial charge in [-0.25, -0.2) is 0 Å². The van der Waals surface area contributed by atoms with Gasteiger partial charge in [-0.1, -0.05) is 20.4 Å². The van der Waals surface area contributed by atoms with Crippen LogP contribution in [0.1, 0.15) is 5.56 Å². The van der Waals surface area contributed by atoms with Crippen molar-refractivity contribution in [2.24, 2.45) is 0 Å². The van der Waals surface area contributed by atoms with Gasteiger partial charge in [-0.2, -0.15) is 0 Å². The summed E-state index contributed by atoms with van der Waals surface area (Å²) in [6.45, 7) is 0.369. The maximum absolute atomic E-state index is 10.9. The van der Waals surface area contributed by atoms with Gasteiger partial charge in [-0.05, 0) is 12.1 Å². The molecular weight excluding hydrogens is 308 g/mol. The molecule has 0 radical (unpaired) electrons. The van der Waals surface area contributed by atoms with E-state index < -0.39 is 4.92 Å². The number of hydrogen-bond donors (Lipinski definition) is 1. The first-order chi connectivity index (χ1) is 8.16. The monoisotopic (exact) mass is 314 g/mol. The number of nitro groups is 1. The fourth-order valence-electron chi connectivity index (χ4n) is 1.28. The molecule has 0 atom stereocenters. The number of benzene rings is 1. The molecule has 1 aromatic heterocycles. The SMILES string of the molecule is O=[N+]([O-])c1cc(Br)ccc1CNc1cnns1. The second kappa shape index (κ2) is 5.19. The van der Waals surface area contributed by atoms with E-state index in [0.29, 0.717) is 16.6 Å². The van der Waals surface area contributed by atoms with Gasteiger partial charge < -0.3 is 5.32 Å². The first-order valence-corrected chi connectivity index (χ1v) is 6.17. The molecule has 2 aromatic rings. The van der Waals surface area contributed by atoms with Gasteiger partial charge in [0.2, 0.25) is 0 Å². The summed E-state index contributed by atoms with van der Waals surface area (Å²) in [5.41, 5.74) is 0.705. The Balaban J connectivity index is 2.17. The molecule has 1 aromatic carbocycles. The van der Waals surface area contributed by atoms with Crippen LogP contribution in [-0.4, -0.2) is 14.5 Å². The molecule has 0 saturated carbocycles. The Morgan fingerprint density at radius 1 is 1.53 bits per heavy atom. The Kier molecular flexibility index (Phi) is 3.64.